The summed E-state index contributed by atoms with van der Waals surface area (Å²) < 4.78 is 0. The molecule has 0 heterocycles. The molecule has 6 heteroatoms. The van der Waals surface area contributed by atoms with Crippen LogP contribution in [0.2, 0.25) is 0 Å². The molecular weight excluding hydrogens is 248 g/mol. The average molecular weight is 264 g/mol. The molecular formula is C13H16N2O4. The fraction of sp³-hybridized carbons (Fsp3) is 0.308. The highest BCUT2D eigenvalue weighted by Crippen LogP contribution is 2.14. The van der Waals surface area contributed by atoms with Gasteiger partial charge >= 0.3 is 5.97 Å². The zero-order valence-electron chi connectivity index (χ0n) is 10.8. The van der Waals surface area contributed by atoms with Crippen molar-refractivity contribution in [2.75, 3.05) is 10.6 Å². The van der Waals surface area contributed by atoms with Gasteiger partial charge in [-0.25, -0.2) is 0 Å². The molecule has 0 aliphatic heterocycles. The molecule has 0 aliphatic carbocycles. The summed E-state index contributed by atoms with van der Waals surface area (Å²) in [4.78, 5) is 33.3. The van der Waals surface area contributed by atoms with Crippen LogP contribution >= 0.6 is 0 Å². The Labute approximate surface area is 110 Å². The lowest BCUT2D eigenvalue weighted by Gasteiger charge is -2.09. The van der Waals surface area contributed by atoms with E-state index in [1.54, 1.807) is 31.2 Å². The van der Waals surface area contributed by atoms with Crippen LogP contribution < -0.4 is 10.6 Å². The van der Waals surface area contributed by atoms with E-state index in [2.05, 4.69) is 10.6 Å². The molecule has 1 atom stereocenters. The lowest BCUT2D eigenvalue weighted by atomic mass is 10.1. The van der Waals surface area contributed by atoms with Crippen LogP contribution in [0.3, 0.4) is 0 Å². The van der Waals surface area contributed by atoms with E-state index in [0.29, 0.717) is 17.8 Å². The maximum Gasteiger partial charge on any atom is 0.315 e. The molecule has 2 amide bonds. The second-order valence-corrected chi connectivity index (χ2v) is 4.03. The Bertz CT molecular complexity index is 482. The fourth-order valence-electron chi connectivity index (χ4n) is 1.25. The molecule has 0 bridgehead atoms. The number of amides is 2. The zero-order valence-corrected chi connectivity index (χ0v) is 10.8. The van der Waals surface area contributed by atoms with Gasteiger partial charge in [0, 0.05) is 17.8 Å². The molecule has 6 nitrogen and oxygen atoms in total. The highest BCUT2D eigenvalue weighted by atomic mass is 16.4. The lowest BCUT2D eigenvalue weighted by molar-refractivity contribution is -0.144. The number of nitrogens with one attached hydrogen (secondary N) is 2. The van der Waals surface area contributed by atoms with Crippen molar-refractivity contribution in [3.8, 4) is 0 Å². The largest absolute Gasteiger partial charge is 0.481 e. The molecule has 0 aromatic heterocycles. The fourth-order valence-corrected chi connectivity index (χ4v) is 1.25. The Morgan fingerprint density at radius 1 is 1.11 bits per heavy atom. The number of hydrogen-bond acceptors (Lipinski definition) is 3. The van der Waals surface area contributed by atoms with E-state index in [1.807, 2.05) is 0 Å². The summed E-state index contributed by atoms with van der Waals surface area (Å²) in [6.07, 6.45) is 0.384. The number of benzene rings is 1. The smallest absolute Gasteiger partial charge is 0.315 e. The third kappa shape index (κ3) is 4.42. The summed E-state index contributed by atoms with van der Waals surface area (Å²) in [5.74, 6) is -2.97. The highest BCUT2D eigenvalue weighted by molar-refractivity contribution is 6.04. The van der Waals surface area contributed by atoms with E-state index < -0.39 is 17.8 Å². The van der Waals surface area contributed by atoms with E-state index in [0.717, 1.165) is 0 Å². The molecule has 0 aliphatic rings. The van der Waals surface area contributed by atoms with E-state index in [9.17, 15) is 14.4 Å². The number of carboxylic acids is 1. The summed E-state index contributed by atoms with van der Waals surface area (Å²) >= 11 is 0. The van der Waals surface area contributed by atoms with Gasteiger partial charge in [-0.05, 0) is 31.2 Å². The molecule has 1 aromatic carbocycles. The standard InChI is InChI=1S/C13H16N2O4/c1-3-11(16)14-9-4-6-10(7-5-9)15-12(17)8(2)13(18)19/h4-8H,3H2,1-2H3,(H,14,16)(H,15,17)(H,18,19)/t8-/m0/s1. The second kappa shape index (κ2) is 6.53. The number of anilines is 2. The molecule has 0 fully saturated rings. The zero-order chi connectivity index (χ0) is 14.4. The van der Waals surface area contributed by atoms with E-state index in [1.165, 1.54) is 6.92 Å². The van der Waals surface area contributed by atoms with Crippen LogP contribution in [-0.4, -0.2) is 22.9 Å². The Kier molecular flexibility index (Phi) is 5.05. The van der Waals surface area contributed by atoms with Gasteiger partial charge in [0.25, 0.3) is 0 Å². The van der Waals surface area contributed by atoms with E-state index in [4.69, 9.17) is 5.11 Å². The molecule has 0 radical (unpaired) electrons. The first-order chi connectivity index (χ1) is 8.93. The van der Waals surface area contributed by atoms with Gasteiger partial charge in [0.1, 0.15) is 5.92 Å². The maximum absolute atomic E-state index is 11.5. The molecule has 1 rings (SSSR count). The summed E-state index contributed by atoms with van der Waals surface area (Å²) in [5, 5.41) is 13.8. The van der Waals surface area contributed by atoms with Crippen molar-refractivity contribution in [1.82, 2.24) is 0 Å². The third-order valence-electron chi connectivity index (χ3n) is 2.52. The quantitative estimate of drug-likeness (QED) is 0.705. The number of carbonyl (C=O) groups is 3. The van der Waals surface area contributed by atoms with E-state index >= 15 is 0 Å². The summed E-state index contributed by atoms with van der Waals surface area (Å²) in [6, 6.07) is 6.46. The van der Waals surface area contributed by atoms with Gasteiger partial charge in [-0.1, -0.05) is 6.92 Å². The Balaban J connectivity index is 2.64. The van der Waals surface area contributed by atoms with Gasteiger partial charge in [0.2, 0.25) is 11.8 Å². The van der Waals surface area contributed by atoms with Gasteiger partial charge in [0.05, 0.1) is 0 Å². The first kappa shape index (κ1) is 14.7. The minimum Gasteiger partial charge on any atom is -0.481 e. The topological polar surface area (TPSA) is 95.5 Å². The lowest BCUT2D eigenvalue weighted by Crippen LogP contribution is -2.26. The Hall–Kier alpha value is -2.37. The van der Waals surface area contributed by atoms with Crippen molar-refractivity contribution >= 4 is 29.2 Å². The predicted molar refractivity (Wildman–Crippen MR) is 70.8 cm³/mol. The first-order valence-electron chi connectivity index (χ1n) is 5.87. The average Bonchev–Trinajstić information content (AvgIpc) is 2.39. The third-order valence-corrected chi connectivity index (χ3v) is 2.52. The van der Waals surface area contributed by atoms with Crippen LogP contribution in [0.5, 0.6) is 0 Å². The predicted octanol–water partition coefficient (Wildman–Crippen LogP) is 1.69. The van der Waals surface area contributed by atoms with Crippen molar-refractivity contribution in [2.45, 2.75) is 20.3 Å². The van der Waals surface area contributed by atoms with Gasteiger partial charge in [-0.3, -0.25) is 14.4 Å². The normalized spacial score (nSPS) is 11.5. The van der Waals surface area contributed by atoms with Gasteiger partial charge in [-0.15, -0.1) is 0 Å². The summed E-state index contributed by atoms with van der Waals surface area (Å²) in [7, 11) is 0. The SMILES string of the molecule is CCC(=O)Nc1ccc(NC(=O)[C@H](C)C(=O)O)cc1. The van der Waals surface area contributed by atoms with Crippen molar-refractivity contribution in [3.63, 3.8) is 0 Å². The molecule has 0 saturated heterocycles. The molecule has 0 spiro atoms. The van der Waals surface area contributed by atoms with Crippen molar-refractivity contribution < 1.29 is 19.5 Å². The minimum absolute atomic E-state index is 0.101. The van der Waals surface area contributed by atoms with Gasteiger partial charge < -0.3 is 15.7 Å². The number of hydrogen-bond donors (Lipinski definition) is 3. The molecule has 3 N–H and O–H groups in total. The van der Waals surface area contributed by atoms with Crippen molar-refractivity contribution in [1.29, 1.82) is 0 Å². The van der Waals surface area contributed by atoms with E-state index in [-0.39, 0.29) is 5.91 Å². The number of rotatable bonds is 5. The van der Waals surface area contributed by atoms with Gasteiger partial charge in [-0.2, -0.15) is 0 Å². The van der Waals surface area contributed by atoms with Gasteiger partial charge in [0.15, 0.2) is 0 Å². The molecule has 102 valence electrons. The Morgan fingerprint density at radius 2 is 1.58 bits per heavy atom. The number of carbonyl (C=O) groups excluding carboxylic acids is 2. The highest BCUT2D eigenvalue weighted by Gasteiger charge is 2.20. The first-order valence-corrected chi connectivity index (χ1v) is 5.87. The number of aliphatic carboxylic acids is 1. The van der Waals surface area contributed by atoms with Crippen LogP contribution in [0.1, 0.15) is 20.3 Å². The van der Waals surface area contributed by atoms with Crippen molar-refractivity contribution in [2.24, 2.45) is 5.92 Å². The molecule has 19 heavy (non-hydrogen) atoms. The molecule has 1 aromatic rings. The van der Waals surface area contributed by atoms with Crippen LogP contribution in [0.4, 0.5) is 11.4 Å². The second-order valence-electron chi connectivity index (χ2n) is 4.03. The van der Waals surface area contributed by atoms with Crippen LogP contribution in [0, 0.1) is 5.92 Å². The maximum atomic E-state index is 11.5. The minimum atomic E-state index is -1.18. The van der Waals surface area contributed by atoms with Crippen LogP contribution in [-0.2, 0) is 14.4 Å². The Morgan fingerprint density at radius 3 is 2.00 bits per heavy atom. The summed E-state index contributed by atoms with van der Waals surface area (Å²) in [6.45, 7) is 3.06. The van der Waals surface area contributed by atoms with Crippen LogP contribution in [0.25, 0.3) is 0 Å². The monoisotopic (exact) mass is 264 g/mol. The number of carboxylic acid groups (broad SMARTS) is 1. The molecule has 0 saturated carbocycles. The molecule has 0 unspecified atom stereocenters. The summed E-state index contributed by atoms with van der Waals surface area (Å²) in [5.41, 5.74) is 1.10. The van der Waals surface area contributed by atoms with Crippen LogP contribution in [0.15, 0.2) is 24.3 Å². The van der Waals surface area contributed by atoms with Crippen molar-refractivity contribution in [3.05, 3.63) is 24.3 Å².